The van der Waals surface area contributed by atoms with Crippen LogP contribution in [-0.2, 0) is 9.59 Å². The number of aromatic nitrogens is 2. The highest BCUT2D eigenvalue weighted by atomic mass is 32.1. The molecule has 0 unspecified atom stereocenters. The van der Waals surface area contributed by atoms with Crippen molar-refractivity contribution in [1.82, 2.24) is 15.0 Å². The molecule has 3 aromatic rings. The maximum Gasteiger partial charge on any atom is 0.275 e. The number of nitrogens with zero attached hydrogens (tertiary/aromatic N) is 3. The van der Waals surface area contributed by atoms with Crippen LogP contribution < -0.4 is 11.2 Å². The molecule has 10 heteroatoms. The van der Waals surface area contributed by atoms with E-state index in [1.807, 2.05) is 17.5 Å². The topological polar surface area (TPSA) is 118 Å². The summed E-state index contributed by atoms with van der Waals surface area (Å²) in [5.74, 6) is -1.02. The molecule has 0 saturated heterocycles. The molecule has 3 aromatic heterocycles. The number of thiophene rings is 2. The number of fused-ring (bicyclic) bond motifs is 1. The Morgan fingerprint density at radius 2 is 2.08 bits per heavy atom. The van der Waals surface area contributed by atoms with Gasteiger partial charge < -0.3 is 5.73 Å². The van der Waals surface area contributed by atoms with E-state index < -0.39 is 17.7 Å². The lowest BCUT2D eigenvalue weighted by Crippen LogP contribution is -2.36. The first kappa shape index (κ1) is 16.4. The minimum Gasteiger partial charge on any atom is -0.366 e. The summed E-state index contributed by atoms with van der Waals surface area (Å²) >= 11 is 2.69. The molecular weight excluding hydrogens is 374 g/mol. The van der Waals surface area contributed by atoms with Gasteiger partial charge in [-0.3, -0.25) is 19.8 Å². The van der Waals surface area contributed by atoms with Crippen LogP contribution in [0, 0.1) is 0 Å². The maximum absolute atomic E-state index is 12.2. The lowest BCUT2D eigenvalue weighted by molar-refractivity contribution is -0.135. The average Bonchev–Trinajstić information content (AvgIpc) is 3.31. The third kappa shape index (κ3) is 2.55. The van der Waals surface area contributed by atoms with Crippen molar-refractivity contribution in [3.63, 3.8) is 0 Å². The van der Waals surface area contributed by atoms with Gasteiger partial charge >= 0.3 is 0 Å². The lowest BCUT2D eigenvalue weighted by Gasteiger charge is -2.17. The van der Waals surface area contributed by atoms with Crippen LogP contribution in [0.3, 0.4) is 0 Å². The summed E-state index contributed by atoms with van der Waals surface area (Å²) in [5.41, 5.74) is 8.71. The van der Waals surface area contributed by atoms with Crippen LogP contribution in [0.5, 0.6) is 0 Å². The Labute approximate surface area is 154 Å². The van der Waals surface area contributed by atoms with Crippen molar-refractivity contribution in [2.75, 3.05) is 5.43 Å². The number of hydrazine groups is 1. The van der Waals surface area contributed by atoms with E-state index in [0.717, 1.165) is 9.89 Å². The summed E-state index contributed by atoms with van der Waals surface area (Å²) in [7, 11) is 0. The quantitative estimate of drug-likeness (QED) is 0.665. The Kier molecular flexibility index (Phi) is 3.78. The molecular formula is C16H11N5O3S2. The molecule has 130 valence electrons. The second-order valence-corrected chi connectivity index (χ2v) is 7.29. The number of amides is 3. The van der Waals surface area contributed by atoms with Gasteiger partial charge in [-0.05, 0) is 18.4 Å². The van der Waals surface area contributed by atoms with Gasteiger partial charge in [0.25, 0.3) is 11.8 Å². The summed E-state index contributed by atoms with van der Waals surface area (Å²) in [6, 6.07) is 3.72. The smallest absolute Gasteiger partial charge is 0.275 e. The molecule has 3 amide bonds. The Bertz CT molecular complexity index is 1100. The molecule has 4 heterocycles. The molecule has 8 nitrogen and oxygen atoms in total. The Balaban J connectivity index is 1.88. The fourth-order valence-electron chi connectivity index (χ4n) is 2.52. The van der Waals surface area contributed by atoms with E-state index in [9.17, 15) is 14.4 Å². The number of imide groups is 1. The second kappa shape index (κ2) is 6.00. The van der Waals surface area contributed by atoms with Crippen LogP contribution in [0.1, 0.15) is 17.3 Å². The fourth-order valence-corrected chi connectivity index (χ4v) is 4.10. The fraction of sp³-hybridized carbons (Fsp3) is 0.0625. The molecule has 0 bridgehead atoms. The third-order valence-electron chi connectivity index (χ3n) is 3.76. The van der Waals surface area contributed by atoms with Gasteiger partial charge in [0.15, 0.2) is 11.6 Å². The van der Waals surface area contributed by atoms with Gasteiger partial charge in [-0.15, -0.1) is 22.7 Å². The van der Waals surface area contributed by atoms with Gasteiger partial charge in [-0.25, -0.2) is 9.97 Å². The normalized spacial score (nSPS) is 14.2. The summed E-state index contributed by atoms with van der Waals surface area (Å²) < 4.78 is 0. The number of hydrogen-bond donors (Lipinski definition) is 2. The summed E-state index contributed by atoms with van der Waals surface area (Å²) in [6.07, 6.45) is 1.23. The molecule has 0 saturated carbocycles. The van der Waals surface area contributed by atoms with Crippen molar-refractivity contribution in [2.45, 2.75) is 6.92 Å². The van der Waals surface area contributed by atoms with Gasteiger partial charge in [0, 0.05) is 17.0 Å². The molecule has 0 fully saturated rings. The zero-order valence-corrected chi connectivity index (χ0v) is 15.0. The zero-order chi connectivity index (χ0) is 18.4. The number of primary amides is 1. The van der Waals surface area contributed by atoms with Crippen LogP contribution in [0.4, 0.5) is 5.82 Å². The minimum atomic E-state index is -0.639. The first-order chi connectivity index (χ1) is 12.5. The predicted octanol–water partition coefficient (Wildman–Crippen LogP) is 2.16. The zero-order valence-electron chi connectivity index (χ0n) is 13.3. The third-order valence-corrected chi connectivity index (χ3v) is 5.50. The number of anilines is 1. The molecule has 0 atom stereocenters. The molecule has 3 N–H and O–H groups in total. The summed E-state index contributed by atoms with van der Waals surface area (Å²) in [6.45, 7) is 1.55. The number of nitrogens with one attached hydrogen (secondary N) is 1. The molecule has 1 aliphatic heterocycles. The van der Waals surface area contributed by atoms with Crippen LogP contribution in [0.2, 0.25) is 0 Å². The molecule has 0 aliphatic carbocycles. The molecule has 0 spiro atoms. The van der Waals surface area contributed by atoms with Gasteiger partial charge in [-0.1, -0.05) is 6.07 Å². The summed E-state index contributed by atoms with van der Waals surface area (Å²) in [5, 5.41) is 4.72. The molecule has 0 radical (unpaired) electrons. The number of carbonyl (C=O) groups excluding carboxylic acids is 3. The lowest BCUT2D eigenvalue weighted by atomic mass is 10.2. The summed E-state index contributed by atoms with van der Waals surface area (Å²) in [4.78, 5) is 46.2. The molecule has 1 aliphatic rings. The average molecular weight is 385 g/mol. The van der Waals surface area contributed by atoms with Gasteiger partial charge in [0.1, 0.15) is 4.83 Å². The van der Waals surface area contributed by atoms with Gasteiger partial charge in [0.05, 0.1) is 15.8 Å². The number of nitrogens with two attached hydrogens (primary N) is 1. The Morgan fingerprint density at radius 1 is 1.27 bits per heavy atom. The monoisotopic (exact) mass is 385 g/mol. The number of hydrogen-bond acceptors (Lipinski definition) is 8. The first-order valence-corrected chi connectivity index (χ1v) is 9.18. The van der Waals surface area contributed by atoms with E-state index in [1.54, 1.807) is 12.3 Å². The van der Waals surface area contributed by atoms with Gasteiger partial charge in [0.2, 0.25) is 5.91 Å². The Hall–Kier alpha value is -3.11. The first-order valence-electron chi connectivity index (χ1n) is 7.42. The number of rotatable bonds is 4. The predicted molar refractivity (Wildman–Crippen MR) is 98.5 cm³/mol. The van der Waals surface area contributed by atoms with Crippen LogP contribution in [0.25, 0.3) is 20.9 Å². The van der Waals surface area contributed by atoms with E-state index in [2.05, 4.69) is 15.4 Å². The Morgan fingerprint density at radius 3 is 2.69 bits per heavy atom. The highest BCUT2D eigenvalue weighted by Crippen LogP contribution is 2.34. The van der Waals surface area contributed by atoms with Crippen molar-refractivity contribution in [2.24, 2.45) is 5.73 Å². The van der Waals surface area contributed by atoms with Crippen molar-refractivity contribution in [3.05, 3.63) is 40.1 Å². The maximum atomic E-state index is 12.2. The minimum absolute atomic E-state index is 0.179. The van der Waals surface area contributed by atoms with Crippen LogP contribution in [0.15, 0.2) is 34.5 Å². The molecule has 26 heavy (non-hydrogen) atoms. The van der Waals surface area contributed by atoms with Gasteiger partial charge in [-0.2, -0.15) is 5.01 Å². The highest BCUT2D eigenvalue weighted by molar-refractivity contribution is 7.17. The van der Waals surface area contributed by atoms with Crippen LogP contribution in [-0.4, -0.2) is 32.7 Å². The number of carbonyl (C=O) groups is 3. The highest BCUT2D eigenvalue weighted by Gasteiger charge is 2.30. The van der Waals surface area contributed by atoms with E-state index in [-0.39, 0.29) is 11.4 Å². The standard InChI is InChI=1S/C16H11N5O3S2/c1-7-5-10(22)21(16(7)24)20-14-11-8(12(17)23)6-26-15(11)19-13(18-14)9-3-2-4-25-9/h2-6H,1H3,(H2,17,23)(H,18,19,20). The van der Waals surface area contributed by atoms with Crippen molar-refractivity contribution < 1.29 is 14.4 Å². The molecule has 0 aromatic carbocycles. The van der Waals surface area contributed by atoms with Crippen molar-refractivity contribution in [1.29, 1.82) is 0 Å². The van der Waals surface area contributed by atoms with Crippen LogP contribution >= 0.6 is 22.7 Å². The van der Waals surface area contributed by atoms with E-state index in [4.69, 9.17) is 5.73 Å². The van der Waals surface area contributed by atoms with E-state index >= 15 is 0 Å². The SMILES string of the molecule is CC1=CC(=O)N(Nc2nc(-c3cccs3)nc3scc(C(N)=O)c23)C1=O. The largest absolute Gasteiger partial charge is 0.366 e. The molecule has 4 rings (SSSR count). The van der Waals surface area contributed by atoms with E-state index in [0.29, 0.717) is 21.6 Å². The second-order valence-electron chi connectivity index (χ2n) is 5.48. The van der Waals surface area contributed by atoms with Crippen molar-refractivity contribution >= 4 is 56.4 Å². The van der Waals surface area contributed by atoms with Crippen molar-refractivity contribution in [3.8, 4) is 10.7 Å². The van der Waals surface area contributed by atoms with E-state index in [1.165, 1.54) is 28.7 Å².